The first-order valence-electron chi connectivity index (χ1n) is 5.98. The standard InChI is InChI=1S/C14H18N4/c1-15-14-13(6-4-8-17-14)11-18(2)10-12-5-3-7-16-9-12/h3-9H,10-11H2,1-2H3,(H,15,17). The van der Waals surface area contributed by atoms with Gasteiger partial charge < -0.3 is 5.32 Å². The number of rotatable bonds is 5. The smallest absolute Gasteiger partial charge is 0.130 e. The molecule has 4 nitrogen and oxygen atoms in total. The van der Waals surface area contributed by atoms with E-state index >= 15 is 0 Å². The van der Waals surface area contributed by atoms with E-state index in [0.717, 1.165) is 18.9 Å². The Morgan fingerprint density at radius 1 is 1.17 bits per heavy atom. The third kappa shape index (κ3) is 3.28. The fourth-order valence-electron chi connectivity index (χ4n) is 1.94. The van der Waals surface area contributed by atoms with Crippen LogP contribution in [0.25, 0.3) is 0 Å². The van der Waals surface area contributed by atoms with E-state index in [1.54, 1.807) is 12.4 Å². The van der Waals surface area contributed by atoms with Crippen molar-refractivity contribution in [2.75, 3.05) is 19.4 Å². The van der Waals surface area contributed by atoms with E-state index < -0.39 is 0 Å². The maximum atomic E-state index is 4.31. The van der Waals surface area contributed by atoms with Gasteiger partial charge in [0.05, 0.1) is 0 Å². The molecule has 0 unspecified atom stereocenters. The van der Waals surface area contributed by atoms with Crippen molar-refractivity contribution in [2.45, 2.75) is 13.1 Å². The molecule has 2 aromatic rings. The van der Waals surface area contributed by atoms with Gasteiger partial charge in [-0.15, -0.1) is 0 Å². The molecule has 0 saturated carbocycles. The van der Waals surface area contributed by atoms with Crippen molar-refractivity contribution in [3.63, 3.8) is 0 Å². The van der Waals surface area contributed by atoms with Crippen LogP contribution in [0.1, 0.15) is 11.1 Å². The number of hydrogen-bond acceptors (Lipinski definition) is 4. The maximum absolute atomic E-state index is 4.31. The molecule has 0 amide bonds. The highest BCUT2D eigenvalue weighted by Crippen LogP contribution is 2.13. The summed E-state index contributed by atoms with van der Waals surface area (Å²) >= 11 is 0. The SMILES string of the molecule is CNc1ncccc1CN(C)Cc1cccnc1. The molecule has 0 aliphatic carbocycles. The zero-order valence-electron chi connectivity index (χ0n) is 10.8. The van der Waals surface area contributed by atoms with Crippen LogP contribution < -0.4 is 5.32 Å². The van der Waals surface area contributed by atoms with E-state index in [1.165, 1.54) is 11.1 Å². The van der Waals surface area contributed by atoms with E-state index in [0.29, 0.717) is 0 Å². The monoisotopic (exact) mass is 242 g/mol. The van der Waals surface area contributed by atoms with E-state index in [9.17, 15) is 0 Å². The molecule has 2 rings (SSSR count). The lowest BCUT2D eigenvalue weighted by atomic mass is 10.2. The van der Waals surface area contributed by atoms with Crippen molar-refractivity contribution in [1.29, 1.82) is 0 Å². The topological polar surface area (TPSA) is 41.1 Å². The fraction of sp³-hybridized carbons (Fsp3) is 0.286. The molecule has 0 saturated heterocycles. The molecule has 18 heavy (non-hydrogen) atoms. The van der Waals surface area contributed by atoms with Gasteiger partial charge >= 0.3 is 0 Å². The first kappa shape index (κ1) is 12.5. The molecule has 1 N–H and O–H groups in total. The van der Waals surface area contributed by atoms with Crippen LogP contribution >= 0.6 is 0 Å². The largest absolute Gasteiger partial charge is 0.373 e. The Bertz CT molecular complexity index is 484. The van der Waals surface area contributed by atoms with Crippen LogP contribution in [-0.2, 0) is 13.1 Å². The Balaban J connectivity index is 2.01. The molecule has 0 aliphatic rings. The minimum atomic E-state index is 0.860. The molecule has 2 aromatic heterocycles. The molecule has 0 spiro atoms. The van der Waals surface area contributed by atoms with Crippen LogP contribution in [0.2, 0.25) is 0 Å². The molecule has 0 atom stereocenters. The number of aromatic nitrogens is 2. The first-order valence-corrected chi connectivity index (χ1v) is 5.98. The van der Waals surface area contributed by atoms with Gasteiger partial charge in [-0.25, -0.2) is 4.98 Å². The lowest BCUT2D eigenvalue weighted by Gasteiger charge is -2.18. The second kappa shape index (κ2) is 6.12. The van der Waals surface area contributed by atoms with Gasteiger partial charge in [0.15, 0.2) is 0 Å². The summed E-state index contributed by atoms with van der Waals surface area (Å²) in [6.07, 6.45) is 5.50. The lowest BCUT2D eigenvalue weighted by Crippen LogP contribution is -2.18. The summed E-state index contributed by atoms with van der Waals surface area (Å²) in [5.74, 6) is 0.940. The zero-order valence-corrected chi connectivity index (χ0v) is 10.8. The molecule has 0 fully saturated rings. The van der Waals surface area contributed by atoms with Crippen LogP contribution in [0.3, 0.4) is 0 Å². The van der Waals surface area contributed by atoms with Crippen molar-refractivity contribution in [3.05, 3.63) is 54.0 Å². The van der Waals surface area contributed by atoms with Crippen LogP contribution in [0, 0.1) is 0 Å². The summed E-state index contributed by atoms with van der Waals surface area (Å²) in [7, 11) is 3.99. The van der Waals surface area contributed by atoms with Crippen molar-refractivity contribution >= 4 is 5.82 Å². The summed E-state index contributed by atoms with van der Waals surface area (Å²) in [5, 5.41) is 3.11. The minimum absolute atomic E-state index is 0.860. The summed E-state index contributed by atoms with van der Waals surface area (Å²) in [4.78, 5) is 10.7. The van der Waals surface area contributed by atoms with E-state index in [-0.39, 0.29) is 0 Å². The number of anilines is 1. The number of hydrogen-bond donors (Lipinski definition) is 1. The maximum Gasteiger partial charge on any atom is 0.130 e. The molecule has 0 aliphatic heterocycles. The van der Waals surface area contributed by atoms with Gasteiger partial charge in [-0.3, -0.25) is 9.88 Å². The van der Waals surface area contributed by atoms with Crippen LogP contribution in [0.4, 0.5) is 5.82 Å². The number of pyridine rings is 2. The minimum Gasteiger partial charge on any atom is -0.373 e. The summed E-state index contributed by atoms with van der Waals surface area (Å²) in [5.41, 5.74) is 2.42. The van der Waals surface area contributed by atoms with Gasteiger partial charge in [-0.05, 0) is 24.7 Å². The lowest BCUT2D eigenvalue weighted by molar-refractivity contribution is 0.319. The summed E-state index contributed by atoms with van der Waals surface area (Å²) < 4.78 is 0. The second-order valence-corrected chi connectivity index (χ2v) is 4.29. The molecule has 0 aromatic carbocycles. The van der Waals surface area contributed by atoms with Crippen LogP contribution in [0.15, 0.2) is 42.9 Å². The predicted molar refractivity (Wildman–Crippen MR) is 73.2 cm³/mol. The van der Waals surface area contributed by atoms with Crippen molar-refractivity contribution < 1.29 is 0 Å². The Kier molecular flexibility index (Phi) is 4.25. The number of nitrogens with one attached hydrogen (secondary N) is 1. The van der Waals surface area contributed by atoms with Crippen molar-refractivity contribution in [1.82, 2.24) is 14.9 Å². The van der Waals surface area contributed by atoms with Gasteiger partial charge in [0.25, 0.3) is 0 Å². The molecule has 0 bridgehead atoms. The van der Waals surface area contributed by atoms with Crippen LogP contribution in [-0.4, -0.2) is 29.0 Å². The molecule has 94 valence electrons. The molecule has 2 heterocycles. The average Bonchev–Trinajstić information content (AvgIpc) is 2.40. The normalized spacial score (nSPS) is 10.6. The Labute approximate surface area is 108 Å². The third-order valence-corrected chi connectivity index (χ3v) is 2.74. The van der Waals surface area contributed by atoms with Gasteiger partial charge in [-0.1, -0.05) is 12.1 Å². The molecular weight excluding hydrogens is 224 g/mol. The van der Waals surface area contributed by atoms with Gasteiger partial charge in [0.2, 0.25) is 0 Å². The predicted octanol–water partition coefficient (Wildman–Crippen LogP) is 2.15. The van der Waals surface area contributed by atoms with E-state index in [1.807, 2.05) is 25.4 Å². The molecule has 4 heteroatoms. The summed E-state index contributed by atoms with van der Waals surface area (Å²) in [6.45, 7) is 1.74. The highest BCUT2D eigenvalue weighted by atomic mass is 15.1. The Morgan fingerprint density at radius 3 is 2.72 bits per heavy atom. The summed E-state index contributed by atoms with van der Waals surface area (Å²) in [6, 6.07) is 8.12. The van der Waals surface area contributed by atoms with Gasteiger partial charge in [0.1, 0.15) is 5.82 Å². The quantitative estimate of drug-likeness (QED) is 0.872. The van der Waals surface area contributed by atoms with Crippen molar-refractivity contribution in [2.24, 2.45) is 0 Å². The highest BCUT2D eigenvalue weighted by molar-refractivity contribution is 5.42. The first-order chi connectivity index (χ1) is 8.79. The van der Waals surface area contributed by atoms with Gasteiger partial charge in [-0.2, -0.15) is 0 Å². The van der Waals surface area contributed by atoms with Gasteiger partial charge in [0, 0.05) is 44.3 Å². The third-order valence-electron chi connectivity index (χ3n) is 2.74. The Hall–Kier alpha value is -1.94. The Morgan fingerprint density at radius 2 is 2.00 bits per heavy atom. The highest BCUT2D eigenvalue weighted by Gasteiger charge is 2.06. The van der Waals surface area contributed by atoms with E-state index in [4.69, 9.17) is 0 Å². The zero-order chi connectivity index (χ0) is 12.8. The van der Waals surface area contributed by atoms with Crippen LogP contribution in [0.5, 0.6) is 0 Å². The van der Waals surface area contributed by atoms with Crippen molar-refractivity contribution in [3.8, 4) is 0 Å². The molecular formula is C14H18N4. The number of nitrogens with zero attached hydrogens (tertiary/aromatic N) is 3. The average molecular weight is 242 g/mol. The van der Waals surface area contributed by atoms with E-state index in [2.05, 4.69) is 39.4 Å². The fourth-order valence-corrected chi connectivity index (χ4v) is 1.94. The second-order valence-electron chi connectivity index (χ2n) is 4.29. The molecule has 0 radical (unpaired) electrons.